The second kappa shape index (κ2) is 19.1. The van der Waals surface area contributed by atoms with Gasteiger partial charge in [0.2, 0.25) is 17.7 Å². The number of Topliss-reactive ketones (excluding diaryl/α,β-unsaturated/α-hetero) is 1. The predicted molar refractivity (Wildman–Crippen MR) is 197 cm³/mol. The highest BCUT2D eigenvalue weighted by Crippen LogP contribution is 2.37. The van der Waals surface area contributed by atoms with E-state index in [4.69, 9.17) is 15.2 Å². The van der Waals surface area contributed by atoms with Gasteiger partial charge in [0.25, 0.3) is 0 Å². The number of allylic oxidation sites excluding steroid dienone is 6. The van der Waals surface area contributed by atoms with Crippen molar-refractivity contribution in [3.8, 4) is 0 Å². The minimum Gasteiger partial charge on any atom is -0.379 e. The Morgan fingerprint density at radius 3 is 2.14 bits per heavy atom. The number of ether oxygens (including phenoxy) is 2. The summed E-state index contributed by atoms with van der Waals surface area (Å²) >= 11 is 0. The summed E-state index contributed by atoms with van der Waals surface area (Å²) in [7, 11) is 6.89. The van der Waals surface area contributed by atoms with Crippen molar-refractivity contribution in [2.75, 3.05) is 47.9 Å². The van der Waals surface area contributed by atoms with Crippen molar-refractivity contribution in [1.29, 1.82) is 0 Å². The van der Waals surface area contributed by atoms with Crippen molar-refractivity contribution in [2.45, 2.75) is 115 Å². The molecule has 0 aromatic heterocycles. The summed E-state index contributed by atoms with van der Waals surface area (Å²) in [6, 6.07) is -1.15. The Labute approximate surface area is 301 Å². The lowest BCUT2D eigenvalue weighted by atomic mass is 9.74. The molecule has 3 N–H and O–H groups in total. The molecule has 3 aliphatic rings. The van der Waals surface area contributed by atoms with Gasteiger partial charge in [-0.25, -0.2) is 0 Å². The number of amides is 3. The topological polar surface area (TPSA) is 135 Å². The van der Waals surface area contributed by atoms with E-state index in [1.54, 1.807) is 21.3 Å². The van der Waals surface area contributed by atoms with Crippen LogP contribution in [0.25, 0.3) is 0 Å². The van der Waals surface area contributed by atoms with Gasteiger partial charge >= 0.3 is 0 Å². The van der Waals surface area contributed by atoms with E-state index in [-0.39, 0.29) is 41.9 Å². The second-order valence-electron chi connectivity index (χ2n) is 14.9. The van der Waals surface area contributed by atoms with Gasteiger partial charge in [0.15, 0.2) is 11.3 Å². The maximum Gasteiger partial charge on any atom is 0.246 e. The molecule has 50 heavy (non-hydrogen) atoms. The van der Waals surface area contributed by atoms with Crippen LogP contribution in [0.1, 0.15) is 79.6 Å². The number of nitrogens with two attached hydrogens (primary N) is 1. The van der Waals surface area contributed by atoms with Crippen molar-refractivity contribution in [2.24, 2.45) is 29.4 Å². The number of hydrogen-bond acceptors (Lipinski definition) is 8. The van der Waals surface area contributed by atoms with Crippen molar-refractivity contribution in [3.63, 3.8) is 0 Å². The lowest BCUT2D eigenvalue weighted by Crippen LogP contribution is -2.72. The van der Waals surface area contributed by atoms with Crippen LogP contribution >= 0.6 is 0 Å². The number of hydrogen-bond donors (Lipinski definition) is 2. The SMILES string of the molecule is CC[C@H](C)[C@@H]([C@@H](CC(=O)N1CCC[C@H]1[C@H](OC)[C@@H](C)C(=O)NCCC1C=CC=CC=C1)OC)N(C)[C@@](C(N)=O)(C(=O)[C@H]1CCCN1C)C(C)C. The molecule has 11 heteroatoms. The standard InChI is InChI=1S/C39H65N5O6/c1-10-27(4)34(43(7)39(26(2)3,38(40)48)36(46)31-20-15-23-42(31)6)32(49-8)25-33(45)44-24-16-19-30(44)35(50-9)28(5)37(47)41-22-21-29-17-13-11-12-14-18-29/h11-14,17-18,26-32,34-35H,10,15-16,19-25H2,1-9H3,(H2,40,48)(H,41,47)/t27-,28+,30-,31+,32+,34-,35+,39+/m0/s1. The van der Waals surface area contributed by atoms with E-state index in [1.165, 1.54) is 0 Å². The predicted octanol–water partition coefficient (Wildman–Crippen LogP) is 3.73. The van der Waals surface area contributed by atoms with E-state index in [1.807, 2.05) is 66.8 Å². The average molecular weight is 700 g/mol. The first kappa shape index (κ1) is 41.6. The van der Waals surface area contributed by atoms with Crippen LogP contribution in [0, 0.1) is 23.7 Å². The zero-order chi connectivity index (χ0) is 37.2. The van der Waals surface area contributed by atoms with E-state index in [9.17, 15) is 19.2 Å². The highest BCUT2D eigenvalue weighted by Gasteiger charge is 2.57. The lowest BCUT2D eigenvalue weighted by molar-refractivity contribution is -0.157. The molecule has 3 amide bonds. The van der Waals surface area contributed by atoms with Gasteiger partial charge in [0.05, 0.1) is 36.6 Å². The number of nitrogens with zero attached hydrogens (tertiary/aromatic N) is 3. The van der Waals surface area contributed by atoms with Crippen LogP contribution < -0.4 is 11.1 Å². The van der Waals surface area contributed by atoms with Gasteiger partial charge in [0, 0.05) is 33.4 Å². The molecule has 0 radical (unpaired) electrons. The van der Waals surface area contributed by atoms with E-state index in [2.05, 4.69) is 31.3 Å². The number of carbonyl (C=O) groups is 4. The van der Waals surface area contributed by atoms with Gasteiger partial charge in [-0.05, 0) is 70.5 Å². The quantitative estimate of drug-likeness (QED) is 0.195. The molecule has 282 valence electrons. The number of methoxy groups -OCH3 is 2. The first-order valence-corrected chi connectivity index (χ1v) is 18.7. The van der Waals surface area contributed by atoms with Crippen LogP contribution in [0.15, 0.2) is 36.5 Å². The monoisotopic (exact) mass is 699 g/mol. The van der Waals surface area contributed by atoms with Crippen LogP contribution in [-0.2, 0) is 28.7 Å². The number of likely N-dealkylation sites (N-methyl/N-ethyl adjacent to an activating group) is 2. The number of rotatable bonds is 19. The number of nitrogens with one attached hydrogen (secondary N) is 1. The van der Waals surface area contributed by atoms with Crippen molar-refractivity contribution >= 4 is 23.5 Å². The number of primary amides is 1. The zero-order valence-corrected chi connectivity index (χ0v) is 32.1. The fourth-order valence-corrected chi connectivity index (χ4v) is 8.66. The summed E-state index contributed by atoms with van der Waals surface area (Å²) < 4.78 is 12.1. The molecular weight excluding hydrogens is 634 g/mol. The molecule has 0 saturated carbocycles. The first-order chi connectivity index (χ1) is 23.8. The van der Waals surface area contributed by atoms with Crippen LogP contribution in [0.3, 0.4) is 0 Å². The fourth-order valence-electron chi connectivity index (χ4n) is 8.66. The molecule has 1 aliphatic carbocycles. The summed E-state index contributed by atoms with van der Waals surface area (Å²) in [6.07, 6.45) is 15.8. The van der Waals surface area contributed by atoms with Crippen LogP contribution in [0.5, 0.6) is 0 Å². The Hall–Kier alpha value is -2.86. The Balaban J connectivity index is 1.81. The van der Waals surface area contributed by atoms with Gasteiger partial charge in [-0.3, -0.25) is 29.0 Å². The van der Waals surface area contributed by atoms with Crippen LogP contribution in [0.2, 0.25) is 0 Å². The Morgan fingerprint density at radius 2 is 1.62 bits per heavy atom. The van der Waals surface area contributed by atoms with Crippen molar-refractivity contribution < 1.29 is 28.7 Å². The summed E-state index contributed by atoms with van der Waals surface area (Å²) in [5, 5.41) is 3.08. The zero-order valence-electron chi connectivity index (χ0n) is 32.1. The van der Waals surface area contributed by atoms with Gasteiger partial charge in [0.1, 0.15) is 0 Å². The molecule has 8 atom stereocenters. The summed E-state index contributed by atoms with van der Waals surface area (Å²) in [6.45, 7) is 11.6. The summed E-state index contributed by atoms with van der Waals surface area (Å²) in [5.41, 5.74) is 4.63. The van der Waals surface area contributed by atoms with Crippen molar-refractivity contribution in [1.82, 2.24) is 20.0 Å². The van der Waals surface area contributed by atoms with Gasteiger partial charge in [-0.15, -0.1) is 0 Å². The normalized spacial score (nSPS) is 24.2. The smallest absolute Gasteiger partial charge is 0.246 e. The van der Waals surface area contributed by atoms with Crippen LogP contribution in [0.4, 0.5) is 0 Å². The summed E-state index contributed by atoms with van der Waals surface area (Å²) in [4.78, 5) is 61.3. The number of ketones is 1. The third kappa shape index (κ3) is 9.13. The maximum absolute atomic E-state index is 14.4. The van der Waals surface area contributed by atoms with E-state index < -0.39 is 47.6 Å². The molecule has 2 fully saturated rings. The van der Waals surface area contributed by atoms with Gasteiger partial charge in [-0.2, -0.15) is 0 Å². The molecule has 2 aliphatic heterocycles. The minimum absolute atomic E-state index is 0.0330. The molecule has 0 bridgehead atoms. The number of likely N-dealkylation sites (tertiary alicyclic amines) is 2. The fraction of sp³-hybridized carbons (Fsp3) is 0.744. The molecule has 0 unspecified atom stereocenters. The third-order valence-electron chi connectivity index (χ3n) is 11.7. The van der Waals surface area contributed by atoms with Gasteiger partial charge < -0.3 is 25.4 Å². The highest BCUT2D eigenvalue weighted by atomic mass is 16.5. The molecule has 2 saturated heterocycles. The summed E-state index contributed by atoms with van der Waals surface area (Å²) in [5.74, 6) is -1.74. The van der Waals surface area contributed by atoms with E-state index >= 15 is 0 Å². The second-order valence-corrected chi connectivity index (χ2v) is 14.9. The Bertz CT molecular complexity index is 1240. The largest absolute Gasteiger partial charge is 0.379 e. The first-order valence-electron chi connectivity index (χ1n) is 18.7. The Kier molecular flexibility index (Phi) is 15.9. The molecule has 0 aromatic carbocycles. The third-order valence-corrected chi connectivity index (χ3v) is 11.7. The average Bonchev–Trinajstić information content (AvgIpc) is 3.66. The maximum atomic E-state index is 14.4. The van der Waals surface area contributed by atoms with E-state index in [0.717, 1.165) is 38.6 Å². The van der Waals surface area contributed by atoms with E-state index in [0.29, 0.717) is 19.5 Å². The Morgan fingerprint density at radius 1 is 0.980 bits per heavy atom. The molecule has 2 heterocycles. The molecular formula is C39H65N5O6. The molecule has 0 aromatic rings. The highest BCUT2D eigenvalue weighted by molar-refractivity contribution is 6.12. The minimum atomic E-state index is -1.59. The number of carbonyl (C=O) groups excluding carboxylic acids is 4. The molecule has 0 spiro atoms. The van der Waals surface area contributed by atoms with Gasteiger partial charge in [-0.1, -0.05) is 77.5 Å². The van der Waals surface area contributed by atoms with Crippen molar-refractivity contribution in [3.05, 3.63) is 36.5 Å². The van der Waals surface area contributed by atoms with Crippen LogP contribution in [-0.4, -0.2) is 122 Å². The molecule has 11 nitrogen and oxygen atoms in total. The lowest BCUT2D eigenvalue weighted by Gasteiger charge is -2.50. The molecule has 3 rings (SSSR count).